The predicted molar refractivity (Wildman–Crippen MR) is 141 cm³/mol. The molecule has 9 nitrogen and oxygen atoms in total. The van der Waals surface area contributed by atoms with Gasteiger partial charge in [0.1, 0.15) is 0 Å². The average Bonchev–Trinajstić information content (AvgIpc) is 3.65. The van der Waals surface area contributed by atoms with E-state index in [0.29, 0.717) is 48.0 Å². The highest BCUT2D eigenvalue weighted by atomic mass is 32.2. The van der Waals surface area contributed by atoms with E-state index in [9.17, 15) is 13.2 Å². The second kappa shape index (κ2) is 11.2. The van der Waals surface area contributed by atoms with Crippen molar-refractivity contribution in [1.82, 2.24) is 14.5 Å². The summed E-state index contributed by atoms with van der Waals surface area (Å²) in [6.07, 6.45) is 3.32. The lowest BCUT2D eigenvalue weighted by molar-refractivity contribution is 0.0501. The topological polar surface area (TPSA) is 100.0 Å². The zero-order valence-electron chi connectivity index (χ0n) is 21.7. The number of imidazole rings is 1. The number of rotatable bonds is 10. The van der Waals surface area contributed by atoms with Gasteiger partial charge in [-0.15, -0.1) is 0 Å². The zero-order valence-corrected chi connectivity index (χ0v) is 22.5. The molecule has 1 amide bonds. The molecule has 3 aromatic rings. The van der Waals surface area contributed by atoms with Crippen LogP contribution in [0.15, 0.2) is 59.9 Å². The van der Waals surface area contributed by atoms with Gasteiger partial charge in [0.2, 0.25) is 21.8 Å². The number of hydrogen-bond donors (Lipinski definition) is 0. The van der Waals surface area contributed by atoms with Crippen molar-refractivity contribution < 1.29 is 27.4 Å². The Labute approximate surface area is 223 Å². The molecule has 1 atom stereocenters. The third-order valence-corrected chi connectivity index (χ3v) is 8.23. The van der Waals surface area contributed by atoms with Gasteiger partial charge >= 0.3 is 0 Å². The summed E-state index contributed by atoms with van der Waals surface area (Å²) in [6, 6.07) is 14.2. The minimum atomic E-state index is -3.71. The molecule has 10 heteroatoms. The number of nitrogens with zero attached hydrogens (tertiary/aromatic N) is 3. The van der Waals surface area contributed by atoms with Crippen molar-refractivity contribution in [3.63, 3.8) is 0 Å². The molecule has 0 saturated carbocycles. The number of benzene rings is 2. The minimum absolute atomic E-state index is 0.0256. The molecule has 202 valence electrons. The quantitative estimate of drug-likeness (QED) is 0.383. The summed E-state index contributed by atoms with van der Waals surface area (Å²) >= 11 is 0. The van der Waals surface area contributed by atoms with Crippen molar-refractivity contribution >= 4 is 15.7 Å². The van der Waals surface area contributed by atoms with Crippen LogP contribution in [0.5, 0.6) is 11.5 Å². The fourth-order valence-corrected chi connectivity index (χ4v) is 6.35. The van der Waals surface area contributed by atoms with Gasteiger partial charge < -0.3 is 23.7 Å². The number of hydrogen-bond acceptors (Lipinski definition) is 7. The lowest BCUT2D eigenvalue weighted by Gasteiger charge is -2.26. The molecule has 2 aliphatic heterocycles. The third kappa shape index (κ3) is 5.86. The minimum Gasteiger partial charge on any atom is -0.454 e. The normalized spacial score (nSPS) is 16.8. The van der Waals surface area contributed by atoms with Crippen LogP contribution < -0.4 is 9.47 Å². The Bertz CT molecular complexity index is 1380. The molecule has 0 radical (unpaired) electrons. The Kier molecular flexibility index (Phi) is 7.71. The summed E-state index contributed by atoms with van der Waals surface area (Å²) < 4.78 is 45.3. The molecule has 2 aliphatic rings. The smallest absolute Gasteiger partial charge is 0.254 e. The lowest BCUT2D eigenvalue weighted by Crippen LogP contribution is -2.37. The molecule has 1 fully saturated rings. The SMILES string of the molecule is CC(C)Cn1c(CN(C[C@H]2CCCO2)C(=O)c2ccc3c(c2)OCO3)cnc1S(=O)(=O)Cc1ccccc1. The van der Waals surface area contributed by atoms with E-state index < -0.39 is 9.84 Å². The van der Waals surface area contributed by atoms with Crippen LogP contribution in [0.1, 0.15) is 48.3 Å². The second-order valence-electron chi connectivity index (χ2n) is 10.2. The van der Waals surface area contributed by atoms with E-state index in [4.69, 9.17) is 14.2 Å². The fraction of sp³-hybridized carbons (Fsp3) is 0.429. The van der Waals surface area contributed by atoms with Crippen molar-refractivity contribution in [2.75, 3.05) is 19.9 Å². The number of carbonyl (C=O) groups is 1. The number of carbonyl (C=O) groups excluding carboxylic acids is 1. The summed E-state index contributed by atoms with van der Waals surface area (Å²) in [4.78, 5) is 19.8. The Balaban J connectivity index is 1.46. The maximum Gasteiger partial charge on any atom is 0.254 e. The Hall–Kier alpha value is -3.37. The average molecular weight is 540 g/mol. The first kappa shape index (κ1) is 26.2. The lowest BCUT2D eigenvalue weighted by atomic mass is 10.1. The predicted octanol–water partition coefficient (Wildman–Crippen LogP) is 4.06. The molecule has 0 aliphatic carbocycles. The molecule has 1 saturated heterocycles. The van der Waals surface area contributed by atoms with E-state index in [1.165, 1.54) is 0 Å². The van der Waals surface area contributed by atoms with Crippen LogP contribution in [0.25, 0.3) is 0 Å². The van der Waals surface area contributed by atoms with Crippen LogP contribution in [-0.4, -0.2) is 54.8 Å². The summed E-state index contributed by atoms with van der Waals surface area (Å²) in [5.74, 6) is 0.982. The van der Waals surface area contributed by atoms with Crippen molar-refractivity contribution in [3.8, 4) is 11.5 Å². The fourth-order valence-electron chi connectivity index (χ4n) is 4.85. The van der Waals surface area contributed by atoms with E-state index in [2.05, 4.69) is 4.98 Å². The molecule has 1 aromatic heterocycles. The van der Waals surface area contributed by atoms with Gasteiger partial charge in [-0.25, -0.2) is 13.4 Å². The van der Waals surface area contributed by atoms with Crippen LogP contribution in [0, 0.1) is 5.92 Å². The summed E-state index contributed by atoms with van der Waals surface area (Å²) in [5.41, 5.74) is 1.84. The van der Waals surface area contributed by atoms with Gasteiger partial charge in [-0.3, -0.25) is 4.79 Å². The van der Waals surface area contributed by atoms with Gasteiger partial charge in [-0.2, -0.15) is 0 Å². The van der Waals surface area contributed by atoms with Crippen LogP contribution >= 0.6 is 0 Å². The maximum absolute atomic E-state index is 13.7. The van der Waals surface area contributed by atoms with Gasteiger partial charge in [0.15, 0.2) is 11.5 Å². The van der Waals surface area contributed by atoms with E-state index in [1.54, 1.807) is 46.0 Å². The van der Waals surface area contributed by atoms with E-state index >= 15 is 0 Å². The van der Waals surface area contributed by atoms with E-state index in [-0.39, 0.29) is 42.2 Å². The van der Waals surface area contributed by atoms with Crippen LogP contribution in [0.3, 0.4) is 0 Å². The largest absolute Gasteiger partial charge is 0.454 e. The first-order chi connectivity index (χ1) is 18.3. The van der Waals surface area contributed by atoms with E-state index in [0.717, 1.165) is 12.8 Å². The highest BCUT2D eigenvalue weighted by Gasteiger charge is 2.29. The summed E-state index contributed by atoms with van der Waals surface area (Å²) in [7, 11) is -3.71. The molecule has 5 rings (SSSR count). The van der Waals surface area contributed by atoms with Gasteiger partial charge in [-0.1, -0.05) is 44.2 Å². The standard InChI is InChI=1S/C28H33N3O6S/c1-20(2)15-31-23(14-29-28(31)38(33,34)18-21-7-4-3-5-8-21)16-30(17-24-9-6-12-35-24)27(32)22-10-11-25-26(13-22)37-19-36-25/h3-5,7-8,10-11,13-14,20,24H,6,9,12,15-19H2,1-2H3/t24-/m1/s1. The summed E-state index contributed by atoms with van der Waals surface area (Å²) in [5, 5.41) is 0.0256. The number of ether oxygens (including phenoxy) is 3. The van der Waals surface area contributed by atoms with Gasteiger partial charge in [0.05, 0.1) is 30.3 Å². The molecule has 0 unspecified atom stereocenters. The van der Waals surface area contributed by atoms with Crippen molar-refractivity contribution in [2.24, 2.45) is 5.92 Å². The third-order valence-electron chi connectivity index (χ3n) is 6.63. The molecular formula is C28H33N3O6S. The van der Waals surface area contributed by atoms with Crippen LogP contribution in [0.4, 0.5) is 0 Å². The number of aromatic nitrogens is 2. The second-order valence-corrected chi connectivity index (χ2v) is 12.1. The van der Waals surface area contributed by atoms with Gasteiger partial charge in [-0.05, 0) is 42.5 Å². The van der Waals surface area contributed by atoms with E-state index in [1.807, 2.05) is 32.0 Å². The zero-order chi connectivity index (χ0) is 26.7. The molecule has 3 heterocycles. The highest BCUT2D eigenvalue weighted by molar-refractivity contribution is 7.90. The number of fused-ring (bicyclic) bond motifs is 1. The molecular weight excluding hydrogens is 506 g/mol. The monoisotopic (exact) mass is 539 g/mol. The van der Waals surface area contributed by atoms with Crippen LogP contribution in [0.2, 0.25) is 0 Å². The first-order valence-electron chi connectivity index (χ1n) is 12.9. The van der Waals surface area contributed by atoms with Crippen molar-refractivity contribution in [1.29, 1.82) is 0 Å². The van der Waals surface area contributed by atoms with Crippen molar-refractivity contribution in [3.05, 3.63) is 71.5 Å². The Morgan fingerprint density at radius 2 is 1.92 bits per heavy atom. The number of sulfone groups is 1. The van der Waals surface area contributed by atoms with Crippen molar-refractivity contribution in [2.45, 2.75) is 56.8 Å². The molecule has 0 N–H and O–H groups in total. The van der Waals surface area contributed by atoms with Gasteiger partial charge in [0, 0.05) is 25.3 Å². The first-order valence-corrected chi connectivity index (χ1v) is 14.6. The summed E-state index contributed by atoms with van der Waals surface area (Å²) in [6.45, 7) is 5.91. The highest BCUT2D eigenvalue weighted by Crippen LogP contribution is 2.33. The van der Waals surface area contributed by atoms with Gasteiger partial charge in [0.25, 0.3) is 5.91 Å². The Morgan fingerprint density at radius 3 is 2.66 bits per heavy atom. The van der Waals surface area contributed by atoms with Crippen LogP contribution in [-0.2, 0) is 33.4 Å². The Morgan fingerprint density at radius 1 is 1.13 bits per heavy atom. The molecule has 0 bridgehead atoms. The molecule has 0 spiro atoms. The molecule has 2 aromatic carbocycles. The number of amides is 1. The molecule has 38 heavy (non-hydrogen) atoms. The maximum atomic E-state index is 13.7.